The Morgan fingerprint density at radius 2 is 1.69 bits per heavy atom. The second kappa shape index (κ2) is 10.1. The summed E-state index contributed by atoms with van der Waals surface area (Å²) >= 11 is 5.91. The maximum Gasteiger partial charge on any atom is 0.338 e. The number of amides is 2. The Kier molecular flexibility index (Phi) is 7.26. The zero-order valence-electron chi connectivity index (χ0n) is 17.2. The highest BCUT2D eigenvalue weighted by Gasteiger charge is 2.23. The molecule has 2 aromatic rings. The van der Waals surface area contributed by atoms with Crippen molar-refractivity contribution in [1.29, 1.82) is 0 Å². The molecule has 1 fully saturated rings. The number of piperazine rings is 1. The van der Waals surface area contributed by atoms with Crippen molar-refractivity contribution in [2.75, 3.05) is 44.7 Å². The van der Waals surface area contributed by atoms with Gasteiger partial charge in [0, 0.05) is 54.6 Å². The number of nitro benzene ring substituents is 1. The molecular weight excluding hydrogens is 440 g/mol. The van der Waals surface area contributed by atoms with Crippen LogP contribution in [-0.4, -0.2) is 67.4 Å². The number of nitro groups is 1. The first-order chi connectivity index (χ1) is 15.3. The maximum absolute atomic E-state index is 12.5. The molecule has 0 aliphatic carbocycles. The summed E-state index contributed by atoms with van der Waals surface area (Å²) in [5.74, 6) is -1.78. The lowest BCUT2D eigenvalue weighted by Crippen LogP contribution is -2.51. The van der Waals surface area contributed by atoms with Gasteiger partial charge in [0.2, 0.25) is 5.91 Å². The Morgan fingerprint density at radius 1 is 1.06 bits per heavy atom. The first-order valence-corrected chi connectivity index (χ1v) is 10.1. The molecule has 0 bridgehead atoms. The van der Waals surface area contributed by atoms with Crippen LogP contribution in [0.3, 0.4) is 0 Å². The first kappa shape index (κ1) is 23.0. The van der Waals surface area contributed by atoms with E-state index in [1.165, 1.54) is 6.07 Å². The summed E-state index contributed by atoms with van der Waals surface area (Å²) in [6, 6.07) is 10.7. The number of hydrogen-bond acceptors (Lipinski definition) is 7. The van der Waals surface area contributed by atoms with E-state index >= 15 is 0 Å². The van der Waals surface area contributed by atoms with Gasteiger partial charge in [-0.3, -0.25) is 19.7 Å². The Morgan fingerprint density at radius 3 is 2.28 bits per heavy atom. The third-order valence-corrected chi connectivity index (χ3v) is 5.29. The SMILES string of the molecule is COC(=O)c1cc(C(=O)NCC(=O)N2CCN(c3ccc(Cl)cc3)CC2)cc([N+](=O)[O-])c1. The van der Waals surface area contributed by atoms with E-state index in [1.54, 1.807) is 4.90 Å². The summed E-state index contributed by atoms with van der Waals surface area (Å²) in [5, 5.41) is 14.2. The van der Waals surface area contributed by atoms with Crippen molar-refractivity contribution in [3.05, 3.63) is 68.7 Å². The summed E-state index contributed by atoms with van der Waals surface area (Å²) in [6.07, 6.45) is 0. The molecule has 2 amide bonds. The molecule has 11 heteroatoms. The van der Waals surface area contributed by atoms with Crippen LogP contribution in [0.1, 0.15) is 20.7 Å². The van der Waals surface area contributed by atoms with Crippen LogP contribution in [-0.2, 0) is 9.53 Å². The topological polar surface area (TPSA) is 122 Å². The number of carbonyl (C=O) groups is 3. The number of hydrogen-bond donors (Lipinski definition) is 1. The van der Waals surface area contributed by atoms with E-state index in [0.29, 0.717) is 31.2 Å². The largest absolute Gasteiger partial charge is 0.465 e. The highest BCUT2D eigenvalue weighted by molar-refractivity contribution is 6.30. The minimum absolute atomic E-state index is 0.111. The van der Waals surface area contributed by atoms with Gasteiger partial charge in [0.05, 0.1) is 24.1 Å². The van der Waals surface area contributed by atoms with Crippen LogP contribution in [0.25, 0.3) is 0 Å². The highest BCUT2D eigenvalue weighted by atomic mass is 35.5. The fraction of sp³-hybridized carbons (Fsp3) is 0.286. The van der Waals surface area contributed by atoms with Crippen LogP contribution < -0.4 is 10.2 Å². The molecule has 1 aliphatic heterocycles. The fourth-order valence-corrected chi connectivity index (χ4v) is 3.45. The number of halogens is 1. The van der Waals surface area contributed by atoms with Crippen LogP contribution >= 0.6 is 11.6 Å². The van der Waals surface area contributed by atoms with E-state index in [2.05, 4.69) is 15.0 Å². The second-order valence-corrected chi connectivity index (χ2v) is 7.48. The number of nitrogens with zero attached hydrogens (tertiary/aromatic N) is 3. The lowest BCUT2D eigenvalue weighted by atomic mass is 10.1. The molecule has 32 heavy (non-hydrogen) atoms. The van der Waals surface area contributed by atoms with Gasteiger partial charge in [0.15, 0.2) is 0 Å². The Bertz CT molecular complexity index is 1040. The van der Waals surface area contributed by atoms with Crippen LogP contribution in [0.2, 0.25) is 5.02 Å². The minimum atomic E-state index is -0.808. The normalized spacial score (nSPS) is 13.4. The van der Waals surface area contributed by atoms with E-state index in [9.17, 15) is 24.5 Å². The van der Waals surface area contributed by atoms with Gasteiger partial charge in [-0.1, -0.05) is 11.6 Å². The summed E-state index contributed by atoms with van der Waals surface area (Å²) in [7, 11) is 1.13. The fourth-order valence-electron chi connectivity index (χ4n) is 3.32. The van der Waals surface area contributed by atoms with Gasteiger partial charge in [-0.05, 0) is 30.3 Å². The van der Waals surface area contributed by atoms with Crippen LogP contribution in [0.4, 0.5) is 11.4 Å². The molecule has 0 radical (unpaired) electrons. The van der Waals surface area contributed by atoms with E-state index in [4.69, 9.17) is 11.6 Å². The van der Waals surface area contributed by atoms with E-state index in [-0.39, 0.29) is 23.6 Å². The molecular formula is C21H21ClN4O6. The number of methoxy groups -OCH3 is 1. The molecule has 0 unspecified atom stereocenters. The number of benzene rings is 2. The molecule has 2 aromatic carbocycles. The van der Waals surface area contributed by atoms with E-state index < -0.39 is 22.5 Å². The zero-order chi connectivity index (χ0) is 23.3. The molecule has 1 N–H and O–H groups in total. The summed E-state index contributed by atoms with van der Waals surface area (Å²) in [6.45, 7) is 1.97. The predicted octanol–water partition coefficient (Wildman–Crippen LogP) is 2.11. The average molecular weight is 461 g/mol. The van der Waals surface area contributed by atoms with Crippen molar-refractivity contribution < 1.29 is 24.0 Å². The Hall–Kier alpha value is -3.66. The lowest BCUT2D eigenvalue weighted by Gasteiger charge is -2.36. The third-order valence-electron chi connectivity index (χ3n) is 5.04. The summed E-state index contributed by atoms with van der Waals surface area (Å²) in [5.41, 5.74) is 0.348. The molecule has 1 aliphatic rings. The van der Waals surface area contributed by atoms with E-state index in [0.717, 1.165) is 24.9 Å². The number of esters is 1. The molecule has 3 rings (SSSR count). The number of ether oxygens (including phenoxy) is 1. The van der Waals surface area contributed by atoms with Gasteiger partial charge in [-0.25, -0.2) is 4.79 Å². The third kappa shape index (κ3) is 5.52. The zero-order valence-corrected chi connectivity index (χ0v) is 18.0. The number of rotatable bonds is 6. The molecule has 10 nitrogen and oxygen atoms in total. The quantitative estimate of drug-likeness (QED) is 0.398. The smallest absolute Gasteiger partial charge is 0.338 e. The van der Waals surface area contributed by atoms with Crippen molar-refractivity contribution >= 4 is 40.8 Å². The Balaban J connectivity index is 1.57. The second-order valence-electron chi connectivity index (χ2n) is 7.04. The van der Waals surface area contributed by atoms with Gasteiger partial charge in [-0.15, -0.1) is 0 Å². The van der Waals surface area contributed by atoms with Crippen molar-refractivity contribution in [1.82, 2.24) is 10.2 Å². The van der Waals surface area contributed by atoms with Crippen molar-refractivity contribution in [2.24, 2.45) is 0 Å². The summed E-state index contributed by atoms with van der Waals surface area (Å²) < 4.78 is 4.57. The van der Waals surface area contributed by atoms with Gasteiger partial charge < -0.3 is 19.9 Å². The highest BCUT2D eigenvalue weighted by Crippen LogP contribution is 2.20. The molecule has 1 heterocycles. The van der Waals surface area contributed by atoms with E-state index in [1.807, 2.05) is 24.3 Å². The first-order valence-electron chi connectivity index (χ1n) is 9.73. The van der Waals surface area contributed by atoms with Crippen molar-refractivity contribution in [2.45, 2.75) is 0 Å². The number of non-ortho nitro benzene ring substituents is 1. The van der Waals surface area contributed by atoms with Crippen molar-refractivity contribution in [3.63, 3.8) is 0 Å². The van der Waals surface area contributed by atoms with Gasteiger partial charge in [0.1, 0.15) is 0 Å². The number of nitrogens with one attached hydrogen (secondary N) is 1. The molecule has 0 spiro atoms. The number of anilines is 1. The molecule has 168 valence electrons. The molecule has 0 aromatic heterocycles. The van der Waals surface area contributed by atoms with Gasteiger partial charge in [-0.2, -0.15) is 0 Å². The standard InChI is InChI=1S/C21H21ClN4O6/c1-32-21(29)15-10-14(11-18(12-15)26(30)31)20(28)23-13-19(27)25-8-6-24(7-9-25)17-4-2-16(22)3-5-17/h2-5,10-12H,6-9,13H2,1H3,(H,23,28). The van der Waals surface area contributed by atoms with Crippen molar-refractivity contribution in [3.8, 4) is 0 Å². The average Bonchev–Trinajstić information content (AvgIpc) is 2.82. The predicted molar refractivity (Wildman–Crippen MR) is 117 cm³/mol. The van der Waals surface area contributed by atoms with Gasteiger partial charge >= 0.3 is 5.97 Å². The molecule has 1 saturated heterocycles. The molecule has 0 atom stereocenters. The molecule has 0 saturated carbocycles. The Labute approximate surface area is 188 Å². The van der Waals surface area contributed by atoms with Gasteiger partial charge in [0.25, 0.3) is 11.6 Å². The number of carbonyl (C=O) groups excluding carboxylic acids is 3. The lowest BCUT2D eigenvalue weighted by molar-refractivity contribution is -0.384. The maximum atomic E-state index is 12.5. The minimum Gasteiger partial charge on any atom is -0.465 e. The van der Waals surface area contributed by atoms with Crippen LogP contribution in [0, 0.1) is 10.1 Å². The van der Waals surface area contributed by atoms with Crippen LogP contribution in [0.5, 0.6) is 0 Å². The summed E-state index contributed by atoms with van der Waals surface area (Å²) in [4.78, 5) is 50.9. The monoisotopic (exact) mass is 460 g/mol. The van der Waals surface area contributed by atoms with Crippen LogP contribution in [0.15, 0.2) is 42.5 Å².